The van der Waals surface area contributed by atoms with E-state index in [0.29, 0.717) is 17.7 Å². The number of piperidine rings is 1. The second-order valence-corrected chi connectivity index (χ2v) is 5.64. The molecule has 2 rings (SSSR count). The highest BCUT2D eigenvalue weighted by Crippen LogP contribution is 2.20. The Hall–Kier alpha value is -1.57. The van der Waals surface area contributed by atoms with Gasteiger partial charge in [0, 0.05) is 25.2 Å². The van der Waals surface area contributed by atoms with Crippen molar-refractivity contribution in [2.75, 3.05) is 33.3 Å². The van der Waals surface area contributed by atoms with E-state index in [4.69, 9.17) is 10.00 Å². The van der Waals surface area contributed by atoms with Gasteiger partial charge in [0.25, 0.3) is 0 Å². The van der Waals surface area contributed by atoms with Crippen molar-refractivity contribution < 1.29 is 4.74 Å². The smallest absolute Gasteiger partial charge is 0.119 e. The quantitative estimate of drug-likeness (QED) is 0.891. The van der Waals surface area contributed by atoms with Crippen LogP contribution < -0.4 is 10.1 Å². The van der Waals surface area contributed by atoms with Gasteiger partial charge in [-0.25, -0.2) is 0 Å². The van der Waals surface area contributed by atoms with Crippen molar-refractivity contribution in [1.29, 1.82) is 5.26 Å². The summed E-state index contributed by atoms with van der Waals surface area (Å²) in [5.74, 6) is 0.834. The zero-order valence-electron chi connectivity index (χ0n) is 12.4. The Labute approximate surface area is 121 Å². The highest BCUT2D eigenvalue weighted by Gasteiger charge is 2.27. The van der Waals surface area contributed by atoms with Gasteiger partial charge in [0.05, 0.1) is 11.6 Å². The lowest BCUT2D eigenvalue weighted by molar-refractivity contribution is 0.132. The monoisotopic (exact) mass is 273 g/mol. The molecule has 1 fully saturated rings. The minimum absolute atomic E-state index is 0.296. The first-order valence-electron chi connectivity index (χ1n) is 7.19. The van der Waals surface area contributed by atoms with Gasteiger partial charge in [-0.05, 0) is 51.1 Å². The average Bonchev–Trinajstić information content (AvgIpc) is 2.50. The molecule has 0 aliphatic carbocycles. The maximum absolute atomic E-state index is 8.73. The molecule has 1 aromatic rings. The standard InChI is InChI=1S/C16H23N3O/c1-16(18-2)7-9-19(10-8-16)11-12-20-15-5-3-14(13-17)4-6-15/h3-6,18H,7-12H2,1-2H3. The van der Waals surface area contributed by atoms with Crippen LogP contribution in [0.3, 0.4) is 0 Å². The van der Waals surface area contributed by atoms with Crippen molar-refractivity contribution in [2.45, 2.75) is 25.3 Å². The summed E-state index contributed by atoms with van der Waals surface area (Å²) in [7, 11) is 2.05. The van der Waals surface area contributed by atoms with Crippen LogP contribution in [0.2, 0.25) is 0 Å². The minimum atomic E-state index is 0.296. The second-order valence-electron chi connectivity index (χ2n) is 5.64. The molecule has 1 aromatic carbocycles. The van der Waals surface area contributed by atoms with Gasteiger partial charge in [0.2, 0.25) is 0 Å². The molecule has 0 saturated carbocycles. The van der Waals surface area contributed by atoms with E-state index in [2.05, 4.69) is 23.2 Å². The third-order valence-corrected chi connectivity index (χ3v) is 4.22. The number of likely N-dealkylation sites (tertiary alicyclic amines) is 1. The number of nitrogens with zero attached hydrogens (tertiary/aromatic N) is 2. The zero-order valence-corrected chi connectivity index (χ0v) is 12.4. The summed E-state index contributed by atoms with van der Waals surface area (Å²) in [4.78, 5) is 2.45. The van der Waals surface area contributed by atoms with Crippen molar-refractivity contribution in [3.8, 4) is 11.8 Å². The molecule has 0 spiro atoms. The van der Waals surface area contributed by atoms with Gasteiger partial charge in [-0.1, -0.05) is 0 Å². The van der Waals surface area contributed by atoms with Crippen LogP contribution in [0.15, 0.2) is 24.3 Å². The van der Waals surface area contributed by atoms with Crippen molar-refractivity contribution in [2.24, 2.45) is 0 Å². The van der Waals surface area contributed by atoms with Gasteiger partial charge in [-0.2, -0.15) is 5.26 Å². The van der Waals surface area contributed by atoms with Gasteiger partial charge in [-0.3, -0.25) is 4.90 Å². The molecule has 4 heteroatoms. The molecule has 0 aromatic heterocycles. The van der Waals surface area contributed by atoms with E-state index in [0.717, 1.165) is 25.4 Å². The van der Waals surface area contributed by atoms with Gasteiger partial charge in [-0.15, -0.1) is 0 Å². The Balaban J connectivity index is 1.70. The fraction of sp³-hybridized carbons (Fsp3) is 0.562. The van der Waals surface area contributed by atoms with E-state index in [-0.39, 0.29) is 0 Å². The Morgan fingerprint density at radius 1 is 1.30 bits per heavy atom. The molecule has 1 heterocycles. The summed E-state index contributed by atoms with van der Waals surface area (Å²) in [5, 5.41) is 12.1. The summed E-state index contributed by atoms with van der Waals surface area (Å²) in [6.07, 6.45) is 2.36. The zero-order chi connectivity index (χ0) is 14.4. The topological polar surface area (TPSA) is 48.3 Å². The van der Waals surface area contributed by atoms with E-state index >= 15 is 0 Å². The van der Waals surface area contributed by atoms with Crippen LogP contribution in [0.25, 0.3) is 0 Å². The molecule has 0 radical (unpaired) electrons. The van der Waals surface area contributed by atoms with Crippen molar-refractivity contribution in [3.63, 3.8) is 0 Å². The Morgan fingerprint density at radius 2 is 1.95 bits per heavy atom. The molecule has 4 nitrogen and oxygen atoms in total. The van der Waals surface area contributed by atoms with E-state index < -0.39 is 0 Å². The van der Waals surface area contributed by atoms with Crippen LogP contribution in [0.5, 0.6) is 5.75 Å². The van der Waals surface area contributed by atoms with Crippen molar-refractivity contribution >= 4 is 0 Å². The predicted octanol–water partition coefficient (Wildman–Crippen LogP) is 2.01. The fourth-order valence-electron chi connectivity index (χ4n) is 2.44. The third kappa shape index (κ3) is 3.96. The Morgan fingerprint density at radius 3 is 2.50 bits per heavy atom. The van der Waals surface area contributed by atoms with Crippen LogP contribution in [0.4, 0.5) is 0 Å². The lowest BCUT2D eigenvalue weighted by Gasteiger charge is -2.39. The first-order valence-corrected chi connectivity index (χ1v) is 7.19. The largest absolute Gasteiger partial charge is 0.492 e. The van der Waals surface area contributed by atoms with Crippen LogP contribution >= 0.6 is 0 Å². The van der Waals surface area contributed by atoms with E-state index in [1.807, 2.05) is 19.2 Å². The first-order chi connectivity index (χ1) is 9.65. The van der Waals surface area contributed by atoms with Crippen LogP contribution in [0, 0.1) is 11.3 Å². The molecule has 0 amide bonds. The minimum Gasteiger partial charge on any atom is -0.492 e. The summed E-state index contributed by atoms with van der Waals surface area (Å²) in [6, 6.07) is 9.39. The fourth-order valence-corrected chi connectivity index (χ4v) is 2.44. The van der Waals surface area contributed by atoms with Gasteiger partial charge < -0.3 is 10.1 Å². The average molecular weight is 273 g/mol. The molecular formula is C16H23N3O. The van der Waals surface area contributed by atoms with E-state index in [9.17, 15) is 0 Å². The Kier molecular flexibility index (Phi) is 4.99. The number of nitriles is 1. The number of hydrogen-bond donors (Lipinski definition) is 1. The highest BCUT2D eigenvalue weighted by molar-refractivity contribution is 5.34. The normalized spacial score (nSPS) is 18.4. The molecule has 0 atom stereocenters. The maximum atomic E-state index is 8.73. The van der Waals surface area contributed by atoms with E-state index in [1.165, 1.54) is 12.8 Å². The van der Waals surface area contributed by atoms with Crippen molar-refractivity contribution in [3.05, 3.63) is 29.8 Å². The summed E-state index contributed by atoms with van der Waals surface area (Å²) < 4.78 is 5.72. The molecule has 0 unspecified atom stereocenters. The van der Waals surface area contributed by atoms with Crippen LogP contribution in [-0.2, 0) is 0 Å². The number of hydrogen-bond acceptors (Lipinski definition) is 4. The summed E-state index contributed by atoms with van der Waals surface area (Å²) in [5.41, 5.74) is 0.963. The molecule has 1 aliphatic heterocycles. The molecular weight excluding hydrogens is 250 g/mol. The maximum Gasteiger partial charge on any atom is 0.119 e. The molecule has 1 N–H and O–H groups in total. The third-order valence-electron chi connectivity index (χ3n) is 4.22. The van der Waals surface area contributed by atoms with E-state index in [1.54, 1.807) is 12.1 Å². The molecule has 108 valence electrons. The number of benzene rings is 1. The lowest BCUT2D eigenvalue weighted by Crippen LogP contribution is -2.50. The first kappa shape index (κ1) is 14.8. The van der Waals surface area contributed by atoms with Crippen LogP contribution in [-0.4, -0.2) is 43.7 Å². The lowest BCUT2D eigenvalue weighted by atomic mass is 9.90. The SMILES string of the molecule is CNC1(C)CCN(CCOc2ccc(C#N)cc2)CC1. The van der Waals surface area contributed by atoms with Gasteiger partial charge >= 0.3 is 0 Å². The number of ether oxygens (including phenoxy) is 1. The summed E-state index contributed by atoms with van der Waals surface area (Å²) >= 11 is 0. The molecule has 20 heavy (non-hydrogen) atoms. The summed E-state index contributed by atoms with van der Waals surface area (Å²) in [6.45, 7) is 6.18. The van der Waals surface area contributed by atoms with Crippen LogP contribution in [0.1, 0.15) is 25.3 Å². The number of nitrogens with one attached hydrogen (secondary N) is 1. The van der Waals surface area contributed by atoms with Gasteiger partial charge in [0.1, 0.15) is 12.4 Å². The van der Waals surface area contributed by atoms with Gasteiger partial charge in [0.15, 0.2) is 0 Å². The predicted molar refractivity (Wildman–Crippen MR) is 79.8 cm³/mol. The molecule has 0 bridgehead atoms. The second kappa shape index (κ2) is 6.74. The molecule has 1 aliphatic rings. The highest BCUT2D eigenvalue weighted by atomic mass is 16.5. The molecule has 1 saturated heterocycles. The Bertz CT molecular complexity index is 456. The number of rotatable bonds is 5. The van der Waals surface area contributed by atoms with Crippen molar-refractivity contribution in [1.82, 2.24) is 10.2 Å².